The number of carbonyl (C=O) groups is 1. The highest BCUT2D eigenvalue weighted by Gasteiger charge is 2.11. The Bertz CT molecular complexity index is 544. The molecule has 86 valence electrons. The van der Waals surface area contributed by atoms with Crippen LogP contribution in [0.4, 0.5) is 5.69 Å². The fourth-order valence-electron chi connectivity index (χ4n) is 1.26. The van der Waals surface area contributed by atoms with Crippen molar-refractivity contribution in [1.82, 2.24) is 15.0 Å². The predicted octanol–water partition coefficient (Wildman–Crippen LogP) is 2.09. The van der Waals surface area contributed by atoms with Crippen molar-refractivity contribution in [3.63, 3.8) is 0 Å². The Morgan fingerprint density at radius 2 is 2.00 bits per heavy atom. The molecule has 0 aromatic carbocycles. The standard InChI is InChI=1S/C11H9ClN4O/c1-7-2-10(12)9(5-15-7)11(17)16-8-3-13-6-14-4-8/h2-6H,1H3,(H,16,17). The second kappa shape index (κ2) is 4.88. The molecule has 0 spiro atoms. The van der Waals surface area contributed by atoms with Crippen LogP contribution < -0.4 is 5.32 Å². The molecule has 1 amide bonds. The molecule has 0 aliphatic heterocycles. The minimum absolute atomic E-state index is 0.320. The van der Waals surface area contributed by atoms with Crippen molar-refractivity contribution in [1.29, 1.82) is 0 Å². The maximum atomic E-state index is 11.9. The fraction of sp³-hybridized carbons (Fsp3) is 0.0909. The summed E-state index contributed by atoms with van der Waals surface area (Å²) in [5.74, 6) is -0.336. The molecule has 0 atom stereocenters. The summed E-state index contributed by atoms with van der Waals surface area (Å²) in [7, 11) is 0. The van der Waals surface area contributed by atoms with E-state index >= 15 is 0 Å². The van der Waals surface area contributed by atoms with Gasteiger partial charge >= 0.3 is 0 Å². The number of pyridine rings is 1. The van der Waals surface area contributed by atoms with E-state index in [4.69, 9.17) is 11.6 Å². The van der Waals surface area contributed by atoms with E-state index in [1.54, 1.807) is 13.0 Å². The second-order valence-electron chi connectivity index (χ2n) is 3.39. The summed E-state index contributed by atoms with van der Waals surface area (Å²) in [5.41, 5.74) is 1.59. The summed E-state index contributed by atoms with van der Waals surface area (Å²) >= 11 is 5.96. The average Bonchev–Trinajstić information content (AvgIpc) is 2.30. The number of hydrogen-bond donors (Lipinski definition) is 1. The summed E-state index contributed by atoms with van der Waals surface area (Å²) in [6.07, 6.45) is 5.83. The second-order valence-corrected chi connectivity index (χ2v) is 3.79. The van der Waals surface area contributed by atoms with Crippen LogP contribution in [0.1, 0.15) is 16.1 Å². The Labute approximate surface area is 103 Å². The Morgan fingerprint density at radius 1 is 1.29 bits per heavy atom. The van der Waals surface area contributed by atoms with Crippen LogP contribution in [-0.4, -0.2) is 20.9 Å². The Kier molecular flexibility index (Phi) is 3.30. The molecule has 6 heteroatoms. The fourth-order valence-corrected chi connectivity index (χ4v) is 1.55. The Morgan fingerprint density at radius 3 is 2.65 bits per heavy atom. The van der Waals surface area contributed by atoms with Crippen LogP contribution in [-0.2, 0) is 0 Å². The number of hydrogen-bond acceptors (Lipinski definition) is 4. The van der Waals surface area contributed by atoms with Crippen molar-refractivity contribution in [3.8, 4) is 0 Å². The number of aromatic nitrogens is 3. The number of rotatable bonds is 2. The Balaban J connectivity index is 2.21. The van der Waals surface area contributed by atoms with Gasteiger partial charge in [0, 0.05) is 11.9 Å². The normalized spacial score (nSPS) is 10.0. The highest BCUT2D eigenvalue weighted by atomic mass is 35.5. The van der Waals surface area contributed by atoms with Crippen LogP contribution in [0.5, 0.6) is 0 Å². The van der Waals surface area contributed by atoms with E-state index in [0.717, 1.165) is 5.69 Å². The molecule has 0 aliphatic rings. The zero-order valence-electron chi connectivity index (χ0n) is 9.01. The summed E-state index contributed by atoms with van der Waals surface area (Å²) < 4.78 is 0. The number of carbonyl (C=O) groups excluding carboxylic acids is 1. The van der Waals surface area contributed by atoms with Gasteiger partial charge < -0.3 is 5.32 Å². The summed E-state index contributed by atoms with van der Waals surface area (Å²) in [6.45, 7) is 1.80. The molecule has 2 heterocycles. The van der Waals surface area contributed by atoms with E-state index < -0.39 is 0 Å². The lowest BCUT2D eigenvalue weighted by Gasteiger charge is -2.05. The first-order chi connectivity index (χ1) is 8.16. The molecule has 0 fully saturated rings. The minimum Gasteiger partial charge on any atom is -0.319 e. The van der Waals surface area contributed by atoms with Crippen molar-refractivity contribution in [2.75, 3.05) is 5.32 Å². The molecular formula is C11H9ClN4O. The maximum Gasteiger partial charge on any atom is 0.258 e. The number of amides is 1. The van der Waals surface area contributed by atoms with E-state index in [1.165, 1.54) is 24.9 Å². The van der Waals surface area contributed by atoms with E-state index in [9.17, 15) is 4.79 Å². The van der Waals surface area contributed by atoms with Gasteiger partial charge in [0.15, 0.2) is 0 Å². The first-order valence-corrected chi connectivity index (χ1v) is 5.23. The van der Waals surface area contributed by atoms with Gasteiger partial charge in [0.05, 0.1) is 28.7 Å². The van der Waals surface area contributed by atoms with E-state index in [2.05, 4.69) is 20.3 Å². The molecule has 0 bridgehead atoms. The van der Waals surface area contributed by atoms with Crippen LogP contribution in [0.2, 0.25) is 5.02 Å². The number of nitrogens with zero attached hydrogens (tertiary/aromatic N) is 3. The van der Waals surface area contributed by atoms with Gasteiger partial charge in [-0.1, -0.05) is 11.6 Å². The van der Waals surface area contributed by atoms with Gasteiger partial charge in [-0.25, -0.2) is 9.97 Å². The first-order valence-electron chi connectivity index (χ1n) is 4.85. The quantitative estimate of drug-likeness (QED) is 0.884. The predicted molar refractivity (Wildman–Crippen MR) is 64.0 cm³/mol. The molecule has 1 N–H and O–H groups in total. The minimum atomic E-state index is -0.336. The molecular weight excluding hydrogens is 240 g/mol. The van der Waals surface area contributed by atoms with E-state index in [-0.39, 0.29) is 5.91 Å². The third kappa shape index (κ3) is 2.76. The lowest BCUT2D eigenvalue weighted by atomic mass is 10.2. The van der Waals surface area contributed by atoms with Crippen molar-refractivity contribution in [2.24, 2.45) is 0 Å². The zero-order chi connectivity index (χ0) is 12.3. The highest BCUT2D eigenvalue weighted by molar-refractivity contribution is 6.34. The van der Waals surface area contributed by atoms with Gasteiger partial charge in [-0.3, -0.25) is 9.78 Å². The highest BCUT2D eigenvalue weighted by Crippen LogP contribution is 2.17. The SMILES string of the molecule is Cc1cc(Cl)c(C(=O)Nc2cncnc2)cn1. The molecule has 0 unspecified atom stereocenters. The van der Waals surface area contributed by atoms with Gasteiger partial charge in [0.1, 0.15) is 6.33 Å². The van der Waals surface area contributed by atoms with Crippen LogP contribution in [0.15, 0.2) is 31.0 Å². The molecule has 2 aromatic heterocycles. The Hall–Kier alpha value is -2.01. The number of aryl methyl sites for hydroxylation is 1. The summed E-state index contributed by atoms with van der Waals surface area (Å²) in [6, 6.07) is 1.64. The molecule has 0 aliphatic carbocycles. The maximum absolute atomic E-state index is 11.9. The van der Waals surface area contributed by atoms with Gasteiger partial charge in [0.2, 0.25) is 0 Å². The topological polar surface area (TPSA) is 67.8 Å². The van der Waals surface area contributed by atoms with Crippen LogP contribution >= 0.6 is 11.6 Å². The summed E-state index contributed by atoms with van der Waals surface area (Å²) in [5, 5.41) is 3.00. The van der Waals surface area contributed by atoms with Gasteiger partial charge in [-0.15, -0.1) is 0 Å². The monoisotopic (exact) mass is 248 g/mol. The first kappa shape index (κ1) is 11.5. The average molecular weight is 249 g/mol. The lowest BCUT2D eigenvalue weighted by Crippen LogP contribution is -2.13. The number of nitrogens with one attached hydrogen (secondary N) is 1. The van der Waals surface area contributed by atoms with Crippen molar-refractivity contribution >= 4 is 23.2 Å². The largest absolute Gasteiger partial charge is 0.319 e. The van der Waals surface area contributed by atoms with Crippen LogP contribution in [0, 0.1) is 6.92 Å². The van der Waals surface area contributed by atoms with Crippen molar-refractivity contribution < 1.29 is 4.79 Å². The van der Waals surface area contributed by atoms with Crippen molar-refractivity contribution in [3.05, 3.63) is 47.3 Å². The molecule has 2 rings (SSSR count). The molecule has 5 nitrogen and oxygen atoms in total. The van der Waals surface area contributed by atoms with Crippen LogP contribution in [0.3, 0.4) is 0 Å². The van der Waals surface area contributed by atoms with Gasteiger partial charge in [-0.2, -0.15) is 0 Å². The van der Waals surface area contributed by atoms with Gasteiger partial charge in [-0.05, 0) is 13.0 Å². The lowest BCUT2D eigenvalue weighted by molar-refractivity contribution is 0.102. The third-order valence-corrected chi connectivity index (χ3v) is 2.37. The van der Waals surface area contributed by atoms with Crippen molar-refractivity contribution in [2.45, 2.75) is 6.92 Å². The molecule has 17 heavy (non-hydrogen) atoms. The molecule has 0 saturated heterocycles. The number of anilines is 1. The molecule has 0 saturated carbocycles. The van der Waals surface area contributed by atoms with E-state index in [0.29, 0.717) is 16.3 Å². The smallest absolute Gasteiger partial charge is 0.258 e. The zero-order valence-corrected chi connectivity index (χ0v) is 9.77. The third-order valence-electron chi connectivity index (χ3n) is 2.05. The van der Waals surface area contributed by atoms with Crippen LogP contribution in [0.25, 0.3) is 0 Å². The molecule has 0 radical (unpaired) electrons. The summed E-state index contributed by atoms with van der Waals surface area (Å²) in [4.78, 5) is 23.5. The molecule has 2 aromatic rings. The van der Waals surface area contributed by atoms with E-state index in [1.807, 2.05) is 0 Å². The number of halogens is 1. The van der Waals surface area contributed by atoms with Gasteiger partial charge in [0.25, 0.3) is 5.91 Å².